The van der Waals surface area contributed by atoms with Crippen LogP contribution in [-0.2, 0) is 30.8 Å². The van der Waals surface area contributed by atoms with E-state index in [-0.39, 0.29) is 17.4 Å². The molecule has 2 aromatic rings. The lowest BCUT2D eigenvalue weighted by Crippen LogP contribution is -2.44. The number of phenols is 1. The number of amides is 1. The van der Waals surface area contributed by atoms with Gasteiger partial charge in [-0.25, -0.2) is 0 Å². The van der Waals surface area contributed by atoms with E-state index in [0.717, 1.165) is 49.9 Å². The molecule has 2 aromatic carbocycles. The number of methoxy groups -OCH3 is 2. The van der Waals surface area contributed by atoms with Crippen molar-refractivity contribution in [2.24, 2.45) is 0 Å². The number of piperidine rings is 1. The van der Waals surface area contributed by atoms with E-state index >= 15 is 0 Å². The molecule has 7 heteroatoms. The fraction of sp³-hybridized carbons (Fsp3) is 0.581. The number of hydrogen-bond acceptors (Lipinski definition) is 6. The van der Waals surface area contributed by atoms with Gasteiger partial charge in [0, 0.05) is 31.2 Å². The Balaban J connectivity index is 1.61. The maximum absolute atomic E-state index is 12.9. The molecule has 7 nitrogen and oxygen atoms in total. The molecule has 210 valence electrons. The zero-order chi connectivity index (χ0) is 27.5. The van der Waals surface area contributed by atoms with Crippen molar-refractivity contribution in [1.82, 2.24) is 9.80 Å². The summed E-state index contributed by atoms with van der Waals surface area (Å²) in [6.45, 7) is 7.35. The molecule has 1 amide bonds. The first-order valence-electron chi connectivity index (χ1n) is 13.8. The van der Waals surface area contributed by atoms with Crippen molar-refractivity contribution in [1.29, 1.82) is 0 Å². The summed E-state index contributed by atoms with van der Waals surface area (Å²) in [5.74, 6) is 0.390. The van der Waals surface area contributed by atoms with Crippen LogP contribution in [0.3, 0.4) is 0 Å². The summed E-state index contributed by atoms with van der Waals surface area (Å²) in [6.07, 6.45) is 3.37. The summed E-state index contributed by atoms with van der Waals surface area (Å²) < 4.78 is 16.5. The predicted molar refractivity (Wildman–Crippen MR) is 150 cm³/mol. The minimum atomic E-state index is -0.443. The first-order valence-corrected chi connectivity index (χ1v) is 13.8. The van der Waals surface area contributed by atoms with Crippen molar-refractivity contribution in [3.8, 4) is 5.75 Å². The third-order valence-corrected chi connectivity index (χ3v) is 8.05. The lowest BCUT2D eigenvalue weighted by atomic mass is 9.67. The Hall–Kier alpha value is -2.45. The number of benzene rings is 2. The average molecular weight is 527 g/mol. The van der Waals surface area contributed by atoms with Gasteiger partial charge >= 0.3 is 0 Å². The molecule has 1 atom stereocenters. The zero-order valence-corrected chi connectivity index (χ0v) is 23.8. The highest BCUT2D eigenvalue weighted by atomic mass is 16.7. The Kier molecular flexibility index (Phi) is 11.6. The molecule has 1 N–H and O–H groups in total. The van der Waals surface area contributed by atoms with Crippen LogP contribution in [0.4, 0.5) is 0 Å². The van der Waals surface area contributed by atoms with Crippen LogP contribution < -0.4 is 0 Å². The minimum Gasteiger partial charge on any atom is -0.508 e. The molecule has 1 fully saturated rings. The summed E-state index contributed by atoms with van der Waals surface area (Å²) in [5.41, 5.74) is 3.18. The van der Waals surface area contributed by atoms with Crippen molar-refractivity contribution in [2.45, 2.75) is 63.7 Å². The Morgan fingerprint density at radius 1 is 1.08 bits per heavy atom. The molecule has 0 radical (unpaired) electrons. The lowest BCUT2D eigenvalue weighted by molar-refractivity contribution is -0.149. The second-order valence-electron chi connectivity index (χ2n) is 10.4. The maximum atomic E-state index is 12.9. The highest BCUT2D eigenvalue weighted by Gasteiger charge is 2.39. The van der Waals surface area contributed by atoms with Gasteiger partial charge in [0.15, 0.2) is 6.29 Å². The standard InChI is InChI=1S/C31H46N2O5/c1-6-24(2)33(23-30(36-4)37-5)29(35)15-21-38-20-14-25-12-13-28(34)27(22-25)31(16-18-32(3)19-17-31)26-10-8-7-9-11-26/h7-13,22,24,30,34H,6,14-21,23H2,1-5H3/t24-/m1/s1. The van der Waals surface area contributed by atoms with E-state index in [4.69, 9.17) is 14.2 Å². The third-order valence-electron chi connectivity index (χ3n) is 8.05. The van der Waals surface area contributed by atoms with E-state index in [1.54, 1.807) is 14.2 Å². The molecule has 0 aromatic heterocycles. The number of hydrogen-bond donors (Lipinski definition) is 1. The molecular formula is C31H46N2O5. The van der Waals surface area contributed by atoms with Crippen molar-refractivity contribution in [2.75, 3.05) is 54.1 Å². The molecule has 38 heavy (non-hydrogen) atoms. The number of phenolic OH excluding ortho intramolecular Hbond substituents is 1. The van der Waals surface area contributed by atoms with Crippen LogP contribution in [0, 0.1) is 0 Å². The summed E-state index contributed by atoms with van der Waals surface area (Å²) >= 11 is 0. The van der Waals surface area contributed by atoms with Crippen LogP contribution in [0.2, 0.25) is 0 Å². The van der Waals surface area contributed by atoms with Crippen LogP contribution in [0.25, 0.3) is 0 Å². The van der Waals surface area contributed by atoms with Gasteiger partial charge in [-0.3, -0.25) is 4.79 Å². The number of nitrogens with zero attached hydrogens (tertiary/aromatic N) is 2. The molecule has 3 rings (SSSR count). The molecular weight excluding hydrogens is 480 g/mol. The van der Waals surface area contributed by atoms with Gasteiger partial charge < -0.3 is 29.1 Å². The molecule has 0 aliphatic carbocycles. The zero-order valence-electron chi connectivity index (χ0n) is 23.8. The predicted octanol–water partition coefficient (Wildman–Crippen LogP) is 4.60. The first kappa shape index (κ1) is 30.1. The third kappa shape index (κ3) is 7.56. The number of ether oxygens (including phenoxy) is 3. The fourth-order valence-corrected chi connectivity index (χ4v) is 5.34. The molecule has 1 aliphatic rings. The van der Waals surface area contributed by atoms with Crippen LogP contribution in [-0.4, -0.2) is 87.3 Å². The number of carbonyl (C=O) groups excluding carboxylic acids is 1. The van der Waals surface area contributed by atoms with Crippen molar-refractivity contribution in [3.05, 3.63) is 65.2 Å². The Morgan fingerprint density at radius 2 is 1.76 bits per heavy atom. The van der Waals surface area contributed by atoms with E-state index in [9.17, 15) is 9.90 Å². The molecule has 1 aliphatic heterocycles. The minimum absolute atomic E-state index is 0.0393. The van der Waals surface area contributed by atoms with Crippen LogP contribution >= 0.6 is 0 Å². The van der Waals surface area contributed by atoms with Gasteiger partial charge in [-0.2, -0.15) is 0 Å². The Labute approximate surface area is 228 Å². The Morgan fingerprint density at radius 3 is 2.39 bits per heavy atom. The lowest BCUT2D eigenvalue weighted by Gasteiger charge is -2.42. The molecule has 0 bridgehead atoms. The second kappa shape index (κ2) is 14.6. The molecule has 1 heterocycles. The summed E-state index contributed by atoms with van der Waals surface area (Å²) in [5, 5.41) is 11.0. The number of aromatic hydroxyl groups is 1. The maximum Gasteiger partial charge on any atom is 0.225 e. The molecule has 0 spiro atoms. The van der Waals surface area contributed by atoms with Crippen LogP contribution in [0.5, 0.6) is 5.75 Å². The molecule has 1 saturated heterocycles. The van der Waals surface area contributed by atoms with Gasteiger partial charge in [0.1, 0.15) is 5.75 Å². The van der Waals surface area contributed by atoms with Gasteiger partial charge in [-0.05, 0) is 69.9 Å². The summed E-state index contributed by atoms with van der Waals surface area (Å²) in [6, 6.07) is 16.6. The highest BCUT2D eigenvalue weighted by molar-refractivity contribution is 5.76. The van der Waals surface area contributed by atoms with E-state index < -0.39 is 6.29 Å². The Bertz CT molecular complexity index is 987. The second-order valence-corrected chi connectivity index (χ2v) is 10.4. The van der Waals surface area contributed by atoms with E-state index in [1.807, 2.05) is 30.0 Å². The summed E-state index contributed by atoms with van der Waals surface area (Å²) in [4.78, 5) is 17.1. The average Bonchev–Trinajstić information content (AvgIpc) is 2.95. The van der Waals surface area contributed by atoms with Gasteiger partial charge in [-0.15, -0.1) is 0 Å². The largest absolute Gasteiger partial charge is 0.508 e. The molecule has 0 unspecified atom stereocenters. The van der Waals surface area contributed by atoms with Crippen molar-refractivity contribution >= 4 is 5.91 Å². The normalized spacial score (nSPS) is 16.5. The van der Waals surface area contributed by atoms with E-state index in [2.05, 4.69) is 49.2 Å². The quantitative estimate of drug-likeness (QED) is 0.287. The van der Waals surface area contributed by atoms with E-state index in [1.165, 1.54) is 5.56 Å². The molecule has 0 saturated carbocycles. The van der Waals surface area contributed by atoms with Crippen molar-refractivity contribution in [3.63, 3.8) is 0 Å². The van der Waals surface area contributed by atoms with Gasteiger partial charge in [0.05, 0.1) is 26.2 Å². The number of carbonyl (C=O) groups is 1. The van der Waals surface area contributed by atoms with Crippen LogP contribution in [0.15, 0.2) is 48.5 Å². The fourth-order valence-electron chi connectivity index (χ4n) is 5.34. The monoisotopic (exact) mass is 526 g/mol. The topological polar surface area (TPSA) is 71.5 Å². The van der Waals surface area contributed by atoms with E-state index in [0.29, 0.717) is 31.9 Å². The van der Waals surface area contributed by atoms with Crippen LogP contribution in [0.1, 0.15) is 56.2 Å². The highest BCUT2D eigenvalue weighted by Crippen LogP contribution is 2.45. The van der Waals surface area contributed by atoms with Gasteiger partial charge in [0.2, 0.25) is 5.91 Å². The number of rotatable bonds is 14. The van der Waals surface area contributed by atoms with Crippen molar-refractivity contribution < 1.29 is 24.1 Å². The first-order chi connectivity index (χ1) is 18.3. The SMILES string of the molecule is CC[C@@H](C)N(CC(OC)OC)C(=O)CCOCCc1ccc(O)c(C2(c3ccccc3)CCN(C)CC2)c1. The van der Waals surface area contributed by atoms with Gasteiger partial charge in [-0.1, -0.05) is 49.4 Å². The number of likely N-dealkylation sites (tertiary alicyclic amines) is 1. The smallest absolute Gasteiger partial charge is 0.225 e. The summed E-state index contributed by atoms with van der Waals surface area (Å²) in [7, 11) is 5.32. The van der Waals surface area contributed by atoms with Gasteiger partial charge in [0.25, 0.3) is 0 Å².